The number of benzene rings is 1. The Kier molecular flexibility index (Phi) is 11.1. The van der Waals surface area contributed by atoms with Gasteiger partial charge in [-0.05, 0) is 81.0 Å². The molecular weight excluding hydrogens is 656 g/mol. The standard InChI is InChI=1S/C26H32F3N7O3.C9H14FN/c1-14-8-15(30)9-17(22(14)26(27,28)29)21-11-20-18(13-39-21)23(34-25(33-20)38-4)36-7-5-6-32-16(12-36)10-19(31)24(37)35(2)3;1-9-3-2-4-11(9)7-8(5-9)6-10/h8-10,21H,5-7,11-13,30-31H2,1-4H3;6H,2-5,7H2,1H3/b19-10-;8-6-. The Bertz CT molecular complexity index is 1690. The summed E-state index contributed by atoms with van der Waals surface area (Å²) in [7, 11) is 4.65. The first-order valence-corrected chi connectivity index (χ1v) is 16.7. The van der Waals surface area contributed by atoms with Crippen LogP contribution in [-0.4, -0.2) is 90.9 Å². The second-order valence-corrected chi connectivity index (χ2v) is 13.7. The van der Waals surface area contributed by atoms with Gasteiger partial charge in [0.05, 0.1) is 55.4 Å². The number of hydrogen-bond donors (Lipinski definition) is 2. The number of carbonyl (C=O) groups is 1. The Balaban J connectivity index is 0.000000371. The van der Waals surface area contributed by atoms with Crippen molar-refractivity contribution in [3.05, 3.63) is 63.8 Å². The number of nitrogens with zero attached hydrogens (tertiary/aromatic N) is 6. The van der Waals surface area contributed by atoms with Crippen molar-refractivity contribution in [2.24, 2.45) is 10.7 Å². The summed E-state index contributed by atoms with van der Waals surface area (Å²) >= 11 is 0. The molecule has 272 valence electrons. The van der Waals surface area contributed by atoms with E-state index in [1.807, 2.05) is 4.90 Å². The van der Waals surface area contributed by atoms with Crippen molar-refractivity contribution in [3.8, 4) is 6.01 Å². The van der Waals surface area contributed by atoms with Crippen LogP contribution in [0.2, 0.25) is 0 Å². The second-order valence-electron chi connectivity index (χ2n) is 13.7. The fourth-order valence-corrected chi connectivity index (χ4v) is 7.26. The fourth-order valence-electron chi connectivity index (χ4n) is 7.26. The molecule has 4 N–H and O–H groups in total. The molecule has 2 aromatic rings. The summed E-state index contributed by atoms with van der Waals surface area (Å²) in [4.78, 5) is 31.6. The summed E-state index contributed by atoms with van der Waals surface area (Å²) in [6.45, 7) is 7.08. The molecule has 0 spiro atoms. The lowest BCUT2D eigenvalue weighted by atomic mass is 9.92. The molecular formula is C35H46F4N8O3. The first kappa shape index (κ1) is 37.0. The Hall–Kier alpha value is -4.24. The highest BCUT2D eigenvalue weighted by atomic mass is 19.4. The van der Waals surface area contributed by atoms with Crippen LogP contribution in [0, 0.1) is 6.92 Å². The van der Waals surface area contributed by atoms with Gasteiger partial charge in [0.25, 0.3) is 5.91 Å². The number of aliphatic imine (C=N–C) groups is 1. The molecule has 4 aliphatic rings. The number of rotatable bonds is 5. The van der Waals surface area contributed by atoms with Crippen LogP contribution in [0.3, 0.4) is 0 Å². The molecule has 2 fully saturated rings. The van der Waals surface area contributed by atoms with Crippen LogP contribution in [-0.2, 0) is 28.7 Å². The van der Waals surface area contributed by atoms with Gasteiger partial charge in [-0.2, -0.15) is 23.1 Å². The fraction of sp³-hybridized carbons (Fsp3) is 0.543. The molecule has 0 saturated carbocycles. The van der Waals surface area contributed by atoms with Gasteiger partial charge in [-0.1, -0.05) is 0 Å². The second kappa shape index (κ2) is 14.9. The minimum atomic E-state index is -4.57. The van der Waals surface area contributed by atoms with E-state index in [1.165, 1.54) is 43.9 Å². The summed E-state index contributed by atoms with van der Waals surface area (Å²) in [6, 6.07) is 2.71. The van der Waals surface area contributed by atoms with Crippen molar-refractivity contribution in [2.75, 3.05) is 64.6 Å². The van der Waals surface area contributed by atoms with Gasteiger partial charge in [0.15, 0.2) is 0 Å². The van der Waals surface area contributed by atoms with E-state index in [9.17, 15) is 22.4 Å². The van der Waals surface area contributed by atoms with Gasteiger partial charge < -0.3 is 30.7 Å². The molecule has 15 heteroatoms. The lowest BCUT2D eigenvalue weighted by Gasteiger charge is -2.31. The van der Waals surface area contributed by atoms with Crippen molar-refractivity contribution in [3.63, 3.8) is 0 Å². The summed E-state index contributed by atoms with van der Waals surface area (Å²) in [5, 5.41) is 0. The van der Waals surface area contributed by atoms with Crippen molar-refractivity contribution in [1.82, 2.24) is 19.8 Å². The molecule has 50 heavy (non-hydrogen) atoms. The molecule has 0 aliphatic carbocycles. The molecule has 4 aliphatic heterocycles. The van der Waals surface area contributed by atoms with Crippen LogP contribution < -0.4 is 21.1 Å². The van der Waals surface area contributed by atoms with Crippen LogP contribution in [0.5, 0.6) is 6.01 Å². The third kappa shape index (κ3) is 8.04. The number of nitrogen functional groups attached to an aromatic ring is 1. The highest BCUT2D eigenvalue weighted by molar-refractivity contribution is 6.05. The quantitative estimate of drug-likeness (QED) is 0.254. The topological polar surface area (TPSA) is 135 Å². The van der Waals surface area contributed by atoms with Gasteiger partial charge in [-0.25, -0.2) is 4.39 Å². The number of ether oxygens (including phenoxy) is 2. The lowest BCUT2D eigenvalue weighted by Crippen LogP contribution is -2.34. The SMILES string of the molecule is CC12CCCN1C/C(=C\F)C2.COc1nc2c(c(N3CCCN=C(/C=C(\N)C(=O)N(C)C)C3)n1)COC(c1cc(N)cc(C)c1C(F)(F)F)C2. The number of halogens is 4. The summed E-state index contributed by atoms with van der Waals surface area (Å²) in [5.41, 5.74) is 14.5. The number of hydrogen-bond acceptors (Lipinski definition) is 10. The zero-order chi connectivity index (χ0) is 36.4. The summed E-state index contributed by atoms with van der Waals surface area (Å²) < 4.78 is 65.5. The van der Waals surface area contributed by atoms with Crippen molar-refractivity contribution < 1.29 is 31.8 Å². The Morgan fingerprint density at radius 3 is 2.60 bits per heavy atom. The number of likely N-dealkylation sites (N-methyl/N-ethyl adjacent to an activating group) is 1. The smallest absolute Gasteiger partial charge is 0.417 e. The van der Waals surface area contributed by atoms with Crippen molar-refractivity contribution >= 4 is 23.1 Å². The van der Waals surface area contributed by atoms with E-state index in [1.54, 1.807) is 20.2 Å². The zero-order valence-corrected chi connectivity index (χ0v) is 29.2. The summed E-state index contributed by atoms with van der Waals surface area (Å²) in [6.07, 6.45) is 1.13. The molecule has 5 heterocycles. The number of anilines is 2. The average Bonchev–Trinajstić information content (AvgIpc) is 3.47. The number of nitrogens with two attached hydrogens (primary N) is 2. The van der Waals surface area contributed by atoms with E-state index in [2.05, 4.69) is 26.8 Å². The van der Waals surface area contributed by atoms with E-state index in [0.29, 0.717) is 54.4 Å². The van der Waals surface area contributed by atoms with E-state index in [-0.39, 0.29) is 47.5 Å². The van der Waals surface area contributed by atoms with Crippen LogP contribution in [0.4, 0.5) is 29.1 Å². The molecule has 1 aromatic heterocycles. The predicted molar refractivity (Wildman–Crippen MR) is 184 cm³/mol. The van der Waals surface area contributed by atoms with Crippen molar-refractivity contribution in [1.29, 1.82) is 0 Å². The number of aromatic nitrogens is 2. The molecule has 11 nitrogen and oxygen atoms in total. The molecule has 1 aromatic carbocycles. The molecule has 0 bridgehead atoms. The minimum absolute atomic E-state index is 0.00938. The molecule has 1 amide bonds. The van der Waals surface area contributed by atoms with Crippen LogP contribution >= 0.6 is 0 Å². The lowest BCUT2D eigenvalue weighted by molar-refractivity contribution is -0.140. The first-order valence-electron chi connectivity index (χ1n) is 16.7. The predicted octanol–water partition coefficient (Wildman–Crippen LogP) is 4.89. The number of carbonyl (C=O) groups excluding carboxylic acids is 1. The molecule has 2 unspecified atom stereocenters. The van der Waals surface area contributed by atoms with E-state index in [4.69, 9.17) is 20.9 Å². The Morgan fingerprint density at radius 2 is 1.94 bits per heavy atom. The van der Waals surface area contributed by atoms with Crippen molar-refractivity contribution in [2.45, 2.75) is 70.4 Å². The Morgan fingerprint density at radius 1 is 1.18 bits per heavy atom. The van der Waals surface area contributed by atoms with Gasteiger partial charge in [-0.3, -0.25) is 14.7 Å². The zero-order valence-electron chi connectivity index (χ0n) is 29.2. The van der Waals surface area contributed by atoms with Crippen LogP contribution in [0.1, 0.15) is 66.7 Å². The van der Waals surface area contributed by atoms with Crippen LogP contribution in [0.25, 0.3) is 0 Å². The van der Waals surface area contributed by atoms with Gasteiger partial charge in [0.1, 0.15) is 5.82 Å². The first-order chi connectivity index (χ1) is 23.6. The number of alkyl halides is 3. The van der Waals surface area contributed by atoms with Gasteiger partial charge in [-0.15, -0.1) is 0 Å². The third-order valence-electron chi connectivity index (χ3n) is 9.65. The van der Waals surface area contributed by atoms with E-state index >= 15 is 0 Å². The van der Waals surface area contributed by atoms with Gasteiger partial charge in [0.2, 0.25) is 0 Å². The van der Waals surface area contributed by atoms with E-state index < -0.39 is 17.8 Å². The molecule has 2 atom stereocenters. The average molecular weight is 703 g/mol. The maximum Gasteiger partial charge on any atom is 0.417 e. The largest absolute Gasteiger partial charge is 0.467 e. The van der Waals surface area contributed by atoms with Gasteiger partial charge in [0, 0.05) is 56.9 Å². The number of methoxy groups -OCH3 is 1. The summed E-state index contributed by atoms with van der Waals surface area (Å²) in [5.74, 6) is 0.208. The minimum Gasteiger partial charge on any atom is -0.467 e. The molecule has 2 saturated heterocycles. The van der Waals surface area contributed by atoms with E-state index in [0.717, 1.165) is 31.4 Å². The maximum atomic E-state index is 14.0. The number of amides is 1. The highest BCUT2D eigenvalue weighted by Gasteiger charge is 2.42. The normalized spacial score (nSPS) is 23.4. The van der Waals surface area contributed by atoms with Crippen LogP contribution in [0.15, 0.2) is 40.8 Å². The number of aryl methyl sites for hydroxylation is 1. The molecule has 0 radical (unpaired) electrons. The Labute approximate surface area is 290 Å². The van der Waals surface area contributed by atoms with Gasteiger partial charge >= 0.3 is 12.2 Å². The maximum absolute atomic E-state index is 14.0. The highest BCUT2D eigenvalue weighted by Crippen LogP contribution is 2.43. The molecule has 6 rings (SSSR count). The monoisotopic (exact) mass is 702 g/mol. The number of fused-ring (bicyclic) bond motifs is 2. The third-order valence-corrected chi connectivity index (χ3v) is 9.65.